The molecule has 5 heteroatoms. The Morgan fingerprint density at radius 3 is 2.19 bits per heavy atom. The Morgan fingerprint density at radius 1 is 1.07 bits per heavy atom. The van der Waals surface area contributed by atoms with E-state index in [4.69, 9.17) is 0 Å². The molecule has 4 nitrogen and oxygen atoms in total. The van der Waals surface area contributed by atoms with Crippen LogP contribution in [-0.4, -0.2) is 10.5 Å². The number of anilines is 1. The van der Waals surface area contributed by atoms with Gasteiger partial charge in [-0.2, -0.15) is 0 Å². The number of carbonyl (C=O) groups is 1. The number of amides is 1. The van der Waals surface area contributed by atoms with E-state index in [1.54, 1.807) is 18.4 Å². The fourth-order valence-corrected chi connectivity index (χ4v) is 3.44. The number of nitrogens with zero attached hydrogens (tertiary/aromatic N) is 1. The number of hydrogen-bond acceptors (Lipinski definition) is 2. The van der Waals surface area contributed by atoms with Crippen molar-refractivity contribution in [2.45, 2.75) is 66.8 Å². The maximum absolute atomic E-state index is 14.5. The number of aromatic nitrogens is 1. The molecule has 27 heavy (non-hydrogen) atoms. The van der Waals surface area contributed by atoms with Gasteiger partial charge in [-0.1, -0.05) is 45.4 Å². The quantitative estimate of drug-likeness (QED) is 0.760. The first-order valence-corrected chi connectivity index (χ1v) is 9.68. The van der Waals surface area contributed by atoms with Gasteiger partial charge >= 0.3 is 0 Å². The van der Waals surface area contributed by atoms with Gasteiger partial charge in [-0.15, -0.1) is 0 Å². The van der Waals surface area contributed by atoms with Crippen LogP contribution in [0.2, 0.25) is 0 Å². The van der Waals surface area contributed by atoms with Gasteiger partial charge in [-0.25, -0.2) is 4.39 Å². The van der Waals surface area contributed by atoms with E-state index in [-0.39, 0.29) is 11.3 Å². The molecule has 0 aliphatic heterocycles. The fraction of sp³-hybridized carbons (Fsp3) is 0.455. The van der Waals surface area contributed by atoms with Crippen molar-refractivity contribution in [3.05, 3.63) is 62.3 Å². The summed E-state index contributed by atoms with van der Waals surface area (Å²) in [6, 6.07) is 5.87. The summed E-state index contributed by atoms with van der Waals surface area (Å²) in [6.45, 7) is 9.95. The highest BCUT2D eigenvalue weighted by atomic mass is 19.1. The van der Waals surface area contributed by atoms with Crippen molar-refractivity contribution in [3.8, 4) is 0 Å². The Kier molecular flexibility index (Phi) is 6.94. The second kappa shape index (κ2) is 8.98. The molecule has 2 aromatic rings. The number of hydrogen-bond donors (Lipinski definition) is 1. The van der Waals surface area contributed by atoms with Crippen molar-refractivity contribution in [1.82, 2.24) is 4.57 Å². The molecule has 1 N–H and O–H groups in total. The zero-order valence-corrected chi connectivity index (χ0v) is 16.9. The number of aryl methyl sites for hydroxylation is 2. The molecule has 0 bridgehead atoms. The van der Waals surface area contributed by atoms with Gasteiger partial charge in [0, 0.05) is 17.9 Å². The highest BCUT2D eigenvalue weighted by Gasteiger charge is 2.23. The highest BCUT2D eigenvalue weighted by Crippen LogP contribution is 2.24. The number of rotatable bonds is 7. The van der Waals surface area contributed by atoms with Crippen LogP contribution in [0.1, 0.15) is 66.5 Å². The Bertz CT molecular complexity index is 878. The average molecular weight is 372 g/mol. The van der Waals surface area contributed by atoms with E-state index >= 15 is 0 Å². The van der Waals surface area contributed by atoms with Gasteiger partial charge in [0.05, 0.1) is 5.69 Å². The first-order valence-electron chi connectivity index (χ1n) is 9.68. The number of nitrogens with one attached hydrogen (secondary N) is 1. The highest BCUT2D eigenvalue weighted by molar-refractivity contribution is 6.05. The molecule has 0 atom stereocenters. The van der Waals surface area contributed by atoms with Crippen molar-refractivity contribution < 1.29 is 9.18 Å². The SMILES string of the molecule is CCCCn1c(C)c(F)c(=O)c(C(=O)Nc2c(CC)cccc2CC)c1C. The smallest absolute Gasteiger partial charge is 0.261 e. The minimum atomic E-state index is -0.846. The van der Waals surface area contributed by atoms with Crippen molar-refractivity contribution in [2.24, 2.45) is 0 Å². The van der Waals surface area contributed by atoms with E-state index in [0.717, 1.165) is 42.5 Å². The third-order valence-corrected chi connectivity index (χ3v) is 5.12. The summed E-state index contributed by atoms with van der Waals surface area (Å²) in [4.78, 5) is 25.5. The minimum absolute atomic E-state index is 0.109. The van der Waals surface area contributed by atoms with E-state index in [1.807, 2.05) is 39.0 Å². The van der Waals surface area contributed by atoms with Gasteiger partial charge in [-0.3, -0.25) is 9.59 Å². The predicted octanol–water partition coefficient (Wildman–Crippen LogP) is 4.78. The molecule has 0 aliphatic rings. The largest absolute Gasteiger partial charge is 0.345 e. The summed E-state index contributed by atoms with van der Waals surface area (Å²) >= 11 is 0. The summed E-state index contributed by atoms with van der Waals surface area (Å²) in [5.74, 6) is -1.39. The lowest BCUT2D eigenvalue weighted by Gasteiger charge is -2.19. The van der Waals surface area contributed by atoms with Crippen LogP contribution in [0.25, 0.3) is 0 Å². The maximum Gasteiger partial charge on any atom is 0.261 e. The van der Waals surface area contributed by atoms with Gasteiger partial charge in [-0.05, 0) is 44.2 Å². The molecule has 1 aromatic carbocycles. The van der Waals surface area contributed by atoms with E-state index < -0.39 is 17.2 Å². The van der Waals surface area contributed by atoms with Crippen molar-refractivity contribution in [1.29, 1.82) is 0 Å². The molecule has 0 unspecified atom stereocenters. The van der Waals surface area contributed by atoms with Crippen LogP contribution < -0.4 is 10.7 Å². The summed E-state index contributed by atoms with van der Waals surface area (Å²) in [6.07, 6.45) is 3.30. The molecule has 0 radical (unpaired) electrons. The predicted molar refractivity (Wildman–Crippen MR) is 108 cm³/mol. The molecule has 2 rings (SSSR count). The lowest BCUT2D eigenvalue weighted by atomic mass is 10.0. The van der Waals surface area contributed by atoms with Crippen LogP contribution >= 0.6 is 0 Å². The topological polar surface area (TPSA) is 51.1 Å². The van der Waals surface area contributed by atoms with Crippen LogP contribution in [0.4, 0.5) is 10.1 Å². The van der Waals surface area contributed by atoms with Gasteiger partial charge in [0.2, 0.25) is 5.43 Å². The number of para-hydroxylation sites is 1. The molecule has 0 fully saturated rings. The van der Waals surface area contributed by atoms with Gasteiger partial charge in [0.1, 0.15) is 5.56 Å². The molecule has 1 heterocycles. The summed E-state index contributed by atoms with van der Waals surface area (Å²) in [7, 11) is 0. The van der Waals surface area contributed by atoms with Crippen LogP contribution in [0.3, 0.4) is 0 Å². The van der Waals surface area contributed by atoms with Crippen LogP contribution in [0, 0.1) is 19.7 Å². The third-order valence-electron chi connectivity index (χ3n) is 5.12. The summed E-state index contributed by atoms with van der Waals surface area (Å²) in [5.41, 5.74) is 2.58. The molecule has 0 saturated heterocycles. The molecule has 0 saturated carbocycles. The first-order chi connectivity index (χ1) is 12.9. The lowest BCUT2D eigenvalue weighted by molar-refractivity contribution is 0.102. The van der Waals surface area contributed by atoms with Gasteiger partial charge in [0.25, 0.3) is 5.91 Å². The molecule has 1 amide bonds. The van der Waals surface area contributed by atoms with Crippen molar-refractivity contribution in [3.63, 3.8) is 0 Å². The lowest BCUT2D eigenvalue weighted by Crippen LogP contribution is -2.30. The zero-order valence-electron chi connectivity index (χ0n) is 16.9. The van der Waals surface area contributed by atoms with E-state index in [0.29, 0.717) is 12.2 Å². The normalized spacial score (nSPS) is 10.9. The monoisotopic (exact) mass is 372 g/mol. The first kappa shape index (κ1) is 20.9. The average Bonchev–Trinajstić information content (AvgIpc) is 2.66. The fourth-order valence-electron chi connectivity index (χ4n) is 3.44. The second-order valence-electron chi connectivity index (χ2n) is 6.81. The van der Waals surface area contributed by atoms with E-state index in [2.05, 4.69) is 5.32 Å². The Balaban J connectivity index is 2.55. The molecule has 0 aliphatic carbocycles. The number of pyridine rings is 1. The van der Waals surface area contributed by atoms with Gasteiger partial charge < -0.3 is 9.88 Å². The second-order valence-corrected chi connectivity index (χ2v) is 6.81. The number of carbonyl (C=O) groups excluding carboxylic acids is 1. The van der Waals surface area contributed by atoms with Crippen molar-refractivity contribution in [2.75, 3.05) is 5.32 Å². The third kappa shape index (κ3) is 4.12. The summed E-state index contributed by atoms with van der Waals surface area (Å²) < 4.78 is 16.3. The van der Waals surface area contributed by atoms with E-state index in [1.165, 1.54) is 0 Å². The number of halogens is 1. The molecule has 146 valence electrons. The number of benzene rings is 1. The Labute approximate surface area is 160 Å². The molecule has 0 spiro atoms. The minimum Gasteiger partial charge on any atom is -0.345 e. The number of unbranched alkanes of at least 4 members (excludes halogenated alkanes) is 1. The van der Waals surface area contributed by atoms with E-state index in [9.17, 15) is 14.0 Å². The summed E-state index contributed by atoms with van der Waals surface area (Å²) in [5, 5.41) is 2.89. The van der Waals surface area contributed by atoms with Crippen LogP contribution in [0.5, 0.6) is 0 Å². The Morgan fingerprint density at radius 2 is 1.67 bits per heavy atom. The van der Waals surface area contributed by atoms with Crippen molar-refractivity contribution >= 4 is 11.6 Å². The molecular formula is C22H29FN2O2. The van der Waals surface area contributed by atoms with Crippen LogP contribution in [0.15, 0.2) is 23.0 Å². The molecular weight excluding hydrogens is 343 g/mol. The van der Waals surface area contributed by atoms with Gasteiger partial charge in [0.15, 0.2) is 5.82 Å². The standard InChI is InChI=1S/C22H29FN2O2/c1-6-9-13-25-14(4)18(21(26)19(23)15(25)5)22(27)24-20-16(7-2)11-10-12-17(20)8-3/h10-12H,6-9,13H2,1-5H3,(H,24,27). The maximum atomic E-state index is 14.5. The molecule has 1 aromatic heterocycles. The Hall–Kier alpha value is -2.43. The zero-order chi connectivity index (χ0) is 20.1. The van der Waals surface area contributed by atoms with Crippen LogP contribution in [-0.2, 0) is 19.4 Å².